The third-order valence-corrected chi connectivity index (χ3v) is 2.87. The molecule has 0 saturated heterocycles. The maximum atomic E-state index is 9.18. The van der Waals surface area contributed by atoms with Crippen LogP contribution in [0.4, 0.5) is 0 Å². The number of hydrogen-bond donors (Lipinski definition) is 3. The lowest BCUT2D eigenvalue weighted by atomic mass is 10.1. The second-order valence-electron chi connectivity index (χ2n) is 4.43. The van der Waals surface area contributed by atoms with Gasteiger partial charge in [0.2, 0.25) is 0 Å². The zero-order valence-corrected chi connectivity index (χ0v) is 10.8. The van der Waals surface area contributed by atoms with E-state index in [-0.39, 0.29) is 6.61 Å². The zero-order valence-electron chi connectivity index (χ0n) is 10.8. The summed E-state index contributed by atoms with van der Waals surface area (Å²) in [6.45, 7) is 2.28. The van der Waals surface area contributed by atoms with Crippen LogP contribution < -0.4 is 5.32 Å². The summed E-state index contributed by atoms with van der Waals surface area (Å²) in [5, 5.41) is 25.5. The summed E-state index contributed by atoms with van der Waals surface area (Å²) in [6, 6.07) is 7.26. The van der Waals surface area contributed by atoms with Crippen molar-refractivity contribution in [1.29, 1.82) is 0 Å². The van der Waals surface area contributed by atoms with Gasteiger partial charge >= 0.3 is 0 Å². The van der Waals surface area contributed by atoms with Gasteiger partial charge in [0.15, 0.2) is 0 Å². The number of rotatable bonds is 7. The number of aliphatic hydroxyl groups excluding tert-OH is 1. The van der Waals surface area contributed by atoms with Gasteiger partial charge in [0.05, 0.1) is 19.3 Å². The van der Waals surface area contributed by atoms with Gasteiger partial charge in [-0.2, -0.15) is 5.10 Å². The Bertz CT molecular complexity index is 494. The smallest absolute Gasteiger partial charge is 0.115 e. The van der Waals surface area contributed by atoms with Gasteiger partial charge in [-0.15, -0.1) is 0 Å². The highest BCUT2D eigenvalue weighted by Gasteiger charge is 1.98. The highest BCUT2D eigenvalue weighted by molar-refractivity contribution is 5.25. The fourth-order valence-electron chi connectivity index (χ4n) is 1.85. The van der Waals surface area contributed by atoms with Gasteiger partial charge in [-0.25, -0.2) is 0 Å². The second kappa shape index (κ2) is 6.92. The number of nitrogens with one attached hydrogen (secondary N) is 1. The molecule has 0 atom stereocenters. The van der Waals surface area contributed by atoms with E-state index in [4.69, 9.17) is 5.11 Å². The van der Waals surface area contributed by atoms with Crippen LogP contribution in [0.2, 0.25) is 0 Å². The van der Waals surface area contributed by atoms with Crippen molar-refractivity contribution in [3.8, 4) is 5.75 Å². The van der Waals surface area contributed by atoms with E-state index < -0.39 is 0 Å². The molecular weight excluding hydrogens is 242 g/mol. The normalized spacial score (nSPS) is 10.8. The molecule has 0 radical (unpaired) electrons. The Labute approximate surface area is 112 Å². The first-order chi connectivity index (χ1) is 9.28. The number of aliphatic hydroxyl groups is 1. The van der Waals surface area contributed by atoms with E-state index in [1.54, 1.807) is 16.8 Å². The van der Waals surface area contributed by atoms with Gasteiger partial charge in [-0.05, 0) is 30.7 Å². The highest BCUT2D eigenvalue weighted by Crippen LogP contribution is 2.09. The van der Waals surface area contributed by atoms with Crippen molar-refractivity contribution in [2.45, 2.75) is 19.5 Å². The Morgan fingerprint density at radius 1 is 1.16 bits per heavy atom. The molecule has 0 amide bonds. The Balaban J connectivity index is 1.69. The number of aromatic hydroxyl groups is 1. The minimum atomic E-state index is 0.107. The maximum Gasteiger partial charge on any atom is 0.115 e. The van der Waals surface area contributed by atoms with Crippen molar-refractivity contribution >= 4 is 0 Å². The summed E-state index contributed by atoms with van der Waals surface area (Å²) < 4.78 is 1.73. The van der Waals surface area contributed by atoms with E-state index in [2.05, 4.69) is 10.4 Å². The number of hydrogen-bond acceptors (Lipinski definition) is 4. The zero-order chi connectivity index (χ0) is 13.5. The van der Waals surface area contributed by atoms with Gasteiger partial charge in [0.25, 0.3) is 0 Å². The standard InChI is InChI=1S/C14H19N3O2/c18-8-7-17-11-13(10-16-17)9-15-6-5-12-1-3-14(19)4-2-12/h1-4,10-11,15,18-19H,5-9H2. The first-order valence-corrected chi connectivity index (χ1v) is 6.39. The van der Waals surface area contributed by atoms with Crippen LogP contribution in [-0.2, 0) is 19.5 Å². The van der Waals surface area contributed by atoms with Crippen molar-refractivity contribution in [2.24, 2.45) is 0 Å². The predicted molar refractivity (Wildman–Crippen MR) is 72.8 cm³/mol. The van der Waals surface area contributed by atoms with Gasteiger partial charge in [-0.3, -0.25) is 4.68 Å². The van der Waals surface area contributed by atoms with Gasteiger partial charge < -0.3 is 15.5 Å². The van der Waals surface area contributed by atoms with Crippen LogP contribution in [0.1, 0.15) is 11.1 Å². The molecule has 1 aromatic carbocycles. The van der Waals surface area contributed by atoms with Crippen molar-refractivity contribution in [1.82, 2.24) is 15.1 Å². The Hall–Kier alpha value is -1.85. The molecule has 5 heteroatoms. The lowest BCUT2D eigenvalue weighted by Crippen LogP contribution is -2.16. The van der Waals surface area contributed by atoms with Gasteiger partial charge in [0, 0.05) is 18.3 Å². The summed E-state index contributed by atoms with van der Waals surface area (Å²) in [7, 11) is 0. The van der Waals surface area contributed by atoms with Crippen LogP contribution in [0.5, 0.6) is 5.75 Å². The number of aromatic nitrogens is 2. The average molecular weight is 261 g/mol. The molecule has 0 spiro atoms. The van der Waals surface area contributed by atoms with E-state index in [0.717, 1.165) is 25.1 Å². The molecule has 3 N–H and O–H groups in total. The minimum absolute atomic E-state index is 0.107. The Morgan fingerprint density at radius 3 is 2.68 bits per heavy atom. The monoisotopic (exact) mass is 261 g/mol. The molecule has 0 bridgehead atoms. The molecule has 0 saturated carbocycles. The molecular formula is C14H19N3O2. The SMILES string of the molecule is OCCn1cc(CNCCc2ccc(O)cc2)cn1. The minimum Gasteiger partial charge on any atom is -0.508 e. The van der Waals surface area contributed by atoms with Gasteiger partial charge in [-0.1, -0.05) is 12.1 Å². The predicted octanol–water partition coefficient (Wildman–Crippen LogP) is 0.913. The quantitative estimate of drug-likeness (QED) is 0.648. The lowest BCUT2D eigenvalue weighted by Gasteiger charge is -2.03. The molecule has 0 aliphatic carbocycles. The van der Waals surface area contributed by atoms with Crippen LogP contribution in [0.15, 0.2) is 36.7 Å². The highest BCUT2D eigenvalue weighted by atomic mass is 16.3. The molecule has 19 heavy (non-hydrogen) atoms. The van der Waals surface area contributed by atoms with Crippen molar-refractivity contribution in [3.63, 3.8) is 0 Å². The summed E-state index contributed by atoms with van der Waals surface area (Å²) in [6.07, 6.45) is 4.66. The lowest BCUT2D eigenvalue weighted by molar-refractivity contribution is 0.269. The van der Waals surface area contributed by atoms with Crippen molar-refractivity contribution in [3.05, 3.63) is 47.8 Å². The van der Waals surface area contributed by atoms with Crippen LogP contribution in [0.25, 0.3) is 0 Å². The molecule has 2 aromatic rings. The van der Waals surface area contributed by atoms with E-state index >= 15 is 0 Å². The molecule has 0 fully saturated rings. The van der Waals surface area contributed by atoms with E-state index in [1.165, 1.54) is 5.56 Å². The van der Waals surface area contributed by atoms with Crippen LogP contribution in [0, 0.1) is 0 Å². The molecule has 2 rings (SSSR count). The van der Waals surface area contributed by atoms with E-state index in [9.17, 15) is 5.11 Å². The third kappa shape index (κ3) is 4.39. The largest absolute Gasteiger partial charge is 0.508 e. The van der Waals surface area contributed by atoms with Crippen LogP contribution in [0.3, 0.4) is 0 Å². The van der Waals surface area contributed by atoms with E-state index in [0.29, 0.717) is 12.3 Å². The van der Waals surface area contributed by atoms with E-state index in [1.807, 2.05) is 24.5 Å². The van der Waals surface area contributed by atoms with Gasteiger partial charge in [0.1, 0.15) is 5.75 Å². The Morgan fingerprint density at radius 2 is 1.95 bits per heavy atom. The number of phenolic OH excluding ortho intramolecular Hbond substituents is 1. The van der Waals surface area contributed by atoms with Crippen LogP contribution >= 0.6 is 0 Å². The fraction of sp³-hybridized carbons (Fsp3) is 0.357. The van der Waals surface area contributed by atoms with Crippen LogP contribution in [-0.4, -0.2) is 33.1 Å². The summed E-state index contributed by atoms with van der Waals surface area (Å²) >= 11 is 0. The molecule has 5 nitrogen and oxygen atoms in total. The molecule has 0 unspecified atom stereocenters. The molecule has 0 aliphatic rings. The Kier molecular flexibility index (Phi) is 4.94. The second-order valence-corrected chi connectivity index (χ2v) is 4.43. The topological polar surface area (TPSA) is 70.3 Å². The van der Waals surface area contributed by atoms with Crippen molar-refractivity contribution in [2.75, 3.05) is 13.2 Å². The molecule has 1 aromatic heterocycles. The molecule has 102 valence electrons. The third-order valence-electron chi connectivity index (χ3n) is 2.87. The first-order valence-electron chi connectivity index (χ1n) is 6.39. The maximum absolute atomic E-state index is 9.18. The summed E-state index contributed by atoms with van der Waals surface area (Å²) in [5.74, 6) is 0.299. The average Bonchev–Trinajstić information content (AvgIpc) is 2.85. The fourth-order valence-corrected chi connectivity index (χ4v) is 1.85. The molecule has 0 aliphatic heterocycles. The first kappa shape index (κ1) is 13.6. The summed E-state index contributed by atoms with van der Waals surface area (Å²) in [4.78, 5) is 0. The number of nitrogens with zero attached hydrogens (tertiary/aromatic N) is 2. The number of phenols is 1. The number of benzene rings is 1. The van der Waals surface area contributed by atoms with Crippen molar-refractivity contribution < 1.29 is 10.2 Å². The molecule has 1 heterocycles. The summed E-state index contributed by atoms with van der Waals surface area (Å²) in [5.41, 5.74) is 2.31.